The standard InChI is InChI=1S/C19H19N5OS2/c1-10-20-17(15-11-5-3-4-6-13(11)27-19(15)21-10)24(2)9-14-22-12-7-8-26-16(12)18(25)23-14/h7-8H,3-6,9H2,1-2H3,(H,22,23,25). The van der Waals surface area contributed by atoms with Gasteiger partial charge in [-0.3, -0.25) is 4.79 Å². The maximum Gasteiger partial charge on any atom is 0.268 e. The molecule has 4 aromatic rings. The van der Waals surface area contributed by atoms with E-state index in [9.17, 15) is 4.79 Å². The lowest BCUT2D eigenvalue weighted by Gasteiger charge is -2.20. The minimum absolute atomic E-state index is 0.0738. The number of anilines is 1. The van der Waals surface area contributed by atoms with Gasteiger partial charge in [-0.1, -0.05) is 0 Å². The van der Waals surface area contributed by atoms with Gasteiger partial charge in [0.05, 0.1) is 17.4 Å². The fraction of sp³-hybridized carbons (Fsp3) is 0.368. The first-order valence-corrected chi connectivity index (χ1v) is 10.8. The lowest BCUT2D eigenvalue weighted by atomic mass is 9.97. The lowest BCUT2D eigenvalue weighted by Crippen LogP contribution is -2.23. The molecule has 5 rings (SSSR count). The molecular weight excluding hydrogens is 378 g/mol. The van der Waals surface area contributed by atoms with E-state index in [4.69, 9.17) is 4.98 Å². The summed E-state index contributed by atoms with van der Waals surface area (Å²) in [5, 5.41) is 3.08. The Morgan fingerprint density at radius 1 is 1.22 bits per heavy atom. The number of aromatic amines is 1. The zero-order chi connectivity index (χ0) is 18.5. The fourth-order valence-electron chi connectivity index (χ4n) is 3.81. The second kappa shape index (κ2) is 6.38. The van der Waals surface area contributed by atoms with Crippen molar-refractivity contribution in [1.29, 1.82) is 0 Å². The van der Waals surface area contributed by atoms with Crippen molar-refractivity contribution in [3.8, 4) is 0 Å². The number of hydrogen-bond acceptors (Lipinski definition) is 7. The van der Waals surface area contributed by atoms with Gasteiger partial charge in [-0.2, -0.15) is 0 Å². The number of fused-ring (bicyclic) bond motifs is 4. The molecule has 0 aromatic carbocycles. The smallest absolute Gasteiger partial charge is 0.268 e. The van der Waals surface area contributed by atoms with Gasteiger partial charge in [0.15, 0.2) is 0 Å². The Kier molecular flexibility index (Phi) is 3.98. The van der Waals surface area contributed by atoms with Crippen molar-refractivity contribution < 1.29 is 0 Å². The van der Waals surface area contributed by atoms with Crippen molar-refractivity contribution >= 4 is 48.9 Å². The topological polar surface area (TPSA) is 74.8 Å². The number of aryl methyl sites for hydroxylation is 3. The first kappa shape index (κ1) is 16.8. The van der Waals surface area contributed by atoms with E-state index in [1.54, 1.807) is 0 Å². The molecule has 138 valence electrons. The summed E-state index contributed by atoms with van der Waals surface area (Å²) in [4.78, 5) is 33.8. The molecular formula is C19H19N5OS2. The summed E-state index contributed by atoms with van der Waals surface area (Å²) in [5.74, 6) is 2.37. The van der Waals surface area contributed by atoms with Crippen molar-refractivity contribution in [2.45, 2.75) is 39.2 Å². The molecule has 0 bridgehead atoms. The van der Waals surface area contributed by atoms with Crippen LogP contribution in [0.3, 0.4) is 0 Å². The van der Waals surface area contributed by atoms with Gasteiger partial charge in [0, 0.05) is 11.9 Å². The van der Waals surface area contributed by atoms with Gasteiger partial charge in [-0.25, -0.2) is 15.0 Å². The summed E-state index contributed by atoms with van der Waals surface area (Å²) < 4.78 is 0.675. The van der Waals surface area contributed by atoms with E-state index in [0.29, 0.717) is 17.1 Å². The molecule has 0 fully saturated rings. The molecule has 1 aliphatic rings. The highest BCUT2D eigenvalue weighted by molar-refractivity contribution is 7.19. The molecule has 6 nitrogen and oxygen atoms in total. The van der Waals surface area contributed by atoms with Crippen molar-refractivity contribution in [2.75, 3.05) is 11.9 Å². The average molecular weight is 398 g/mol. The molecule has 0 amide bonds. The molecule has 4 aromatic heterocycles. The van der Waals surface area contributed by atoms with Gasteiger partial charge >= 0.3 is 0 Å². The molecule has 27 heavy (non-hydrogen) atoms. The van der Waals surface area contributed by atoms with Crippen LogP contribution >= 0.6 is 22.7 Å². The quantitative estimate of drug-likeness (QED) is 0.569. The van der Waals surface area contributed by atoms with E-state index in [1.807, 2.05) is 36.8 Å². The van der Waals surface area contributed by atoms with Gasteiger partial charge < -0.3 is 9.88 Å². The first-order chi connectivity index (χ1) is 13.1. The van der Waals surface area contributed by atoms with Crippen LogP contribution in [0.25, 0.3) is 20.4 Å². The van der Waals surface area contributed by atoms with E-state index >= 15 is 0 Å². The van der Waals surface area contributed by atoms with Crippen LogP contribution in [0.5, 0.6) is 0 Å². The molecule has 0 saturated heterocycles. The monoisotopic (exact) mass is 397 g/mol. The number of nitrogens with one attached hydrogen (secondary N) is 1. The Bertz CT molecular complexity index is 1220. The minimum Gasteiger partial charge on any atom is -0.352 e. The second-order valence-corrected chi connectivity index (χ2v) is 8.99. The third-order valence-electron chi connectivity index (χ3n) is 5.02. The van der Waals surface area contributed by atoms with Crippen molar-refractivity contribution in [3.05, 3.63) is 43.9 Å². The molecule has 0 atom stereocenters. The summed E-state index contributed by atoms with van der Waals surface area (Å²) >= 11 is 3.23. The lowest BCUT2D eigenvalue weighted by molar-refractivity contribution is 0.700. The Morgan fingerprint density at radius 2 is 2.07 bits per heavy atom. The number of aromatic nitrogens is 4. The van der Waals surface area contributed by atoms with E-state index < -0.39 is 0 Å². The van der Waals surface area contributed by atoms with Crippen LogP contribution in [0, 0.1) is 6.92 Å². The minimum atomic E-state index is -0.0738. The predicted octanol–water partition coefficient (Wildman–Crippen LogP) is 3.81. The van der Waals surface area contributed by atoms with Crippen LogP contribution in [0.15, 0.2) is 16.2 Å². The third-order valence-corrected chi connectivity index (χ3v) is 7.11. The molecule has 1 aliphatic carbocycles. The van der Waals surface area contributed by atoms with E-state index in [-0.39, 0.29) is 5.56 Å². The molecule has 1 N–H and O–H groups in total. The summed E-state index contributed by atoms with van der Waals surface area (Å²) in [6, 6.07) is 1.89. The highest BCUT2D eigenvalue weighted by Crippen LogP contribution is 2.39. The molecule has 4 heterocycles. The molecule has 0 spiro atoms. The number of nitrogens with zero attached hydrogens (tertiary/aromatic N) is 4. The van der Waals surface area contributed by atoms with Gasteiger partial charge in [0.2, 0.25) is 0 Å². The maximum atomic E-state index is 12.3. The van der Waals surface area contributed by atoms with Crippen LogP contribution in [-0.4, -0.2) is 27.0 Å². The van der Waals surface area contributed by atoms with Crippen molar-refractivity contribution in [1.82, 2.24) is 19.9 Å². The average Bonchev–Trinajstić information content (AvgIpc) is 3.25. The summed E-state index contributed by atoms with van der Waals surface area (Å²) in [7, 11) is 2.01. The van der Waals surface area contributed by atoms with Crippen LogP contribution in [-0.2, 0) is 19.4 Å². The Labute approximate surface area is 163 Å². The molecule has 0 saturated carbocycles. The van der Waals surface area contributed by atoms with E-state index in [1.165, 1.54) is 40.0 Å². The van der Waals surface area contributed by atoms with Gasteiger partial charge in [-0.15, -0.1) is 22.7 Å². The van der Waals surface area contributed by atoms with E-state index in [0.717, 1.165) is 34.8 Å². The number of rotatable bonds is 3. The number of hydrogen-bond donors (Lipinski definition) is 1. The van der Waals surface area contributed by atoms with Crippen LogP contribution in [0.4, 0.5) is 5.82 Å². The number of H-pyrrole nitrogens is 1. The van der Waals surface area contributed by atoms with Gasteiger partial charge in [0.1, 0.15) is 27.0 Å². The molecule has 8 heteroatoms. The molecule has 0 aliphatic heterocycles. The second-order valence-electron chi connectivity index (χ2n) is 6.99. The van der Waals surface area contributed by atoms with Crippen LogP contribution in [0.1, 0.15) is 34.9 Å². The summed E-state index contributed by atoms with van der Waals surface area (Å²) in [6.45, 7) is 2.43. The van der Waals surface area contributed by atoms with Crippen LogP contribution in [0.2, 0.25) is 0 Å². The van der Waals surface area contributed by atoms with Gasteiger partial charge in [0.25, 0.3) is 5.56 Å². The van der Waals surface area contributed by atoms with Crippen molar-refractivity contribution in [3.63, 3.8) is 0 Å². The Hall–Kier alpha value is -2.32. The maximum absolute atomic E-state index is 12.3. The SMILES string of the molecule is Cc1nc(N(C)Cc2nc3ccsc3c(=O)[nH]2)c2c3c(sc2n1)CCCC3. The first-order valence-electron chi connectivity index (χ1n) is 9.06. The number of thiophene rings is 2. The van der Waals surface area contributed by atoms with Crippen LogP contribution < -0.4 is 10.5 Å². The third kappa shape index (κ3) is 2.83. The summed E-state index contributed by atoms with van der Waals surface area (Å²) in [5.41, 5.74) is 2.09. The fourth-order valence-corrected chi connectivity index (χ4v) is 5.84. The molecule has 0 unspecified atom stereocenters. The zero-order valence-corrected chi connectivity index (χ0v) is 16.8. The highest BCUT2D eigenvalue weighted by Gasteiger charge is 2.22. The normalized spacial score (nSPS) is 14.0. The van der Waals surface area contributed by atoms with E-state index in [2.05, 4.69) is 19.9 Å². The Balaban J connectivity index is 1.59. The highest BCUT2D eigenvalue weighted by atomic mass is 32.1. The zero-order valence-electron chi connectivity index (χ0n) is 15.2. The van der Waals surface area contributed by atoms with Crippen molar-refractivity contribution in [2.24, 2.45) is 0 Å². The molecule has 0 radical (unpaired) electrons. The predicted molar refractivity (Wildman–Crippen MR) is 111 cm³/mol. The Morgan fingerprint density at radius 3 is 2.96 bits per heavy atom. The summed E-state index contributed by atoms with van der Waals surface area (Å²) in [6.07, 6.45) is 4.71. The largest absolute Gasteiger partial charge is 0.352 e. The van der Waals surface area contributed by atoms with Gasteiger partial charge in [-0.05, 0) is 49.6 Å².